The van der Waals surface area contributed by atoms with Crippen LogP contribution in [0, 0.1) is 6.92 Å². The summed E-state index contributed by atoms with van der Waals surface area (Å²) in [5.74, 6) is 0. The molecule has 1 saturated carbocycles. The molecule has 1 heterocycles. The summed E-state index contributed by atoms with van der Waals surface area (Å²) in [5, 5.41) is 7.29. The zero-order chi connectivity index (χ0) is 11.0. The van der Waals surface area contributed by atoms with Crippen LogP contribution in [0.3, 0.4) is 0 Å². The molecule has 3 rings (SSSR count). The summed E-state index contributed by atoms with van der Waals surface area (Å²) >= 11 is 0. The molecule has 2 nitrogen and oxygen atoms in total. The van der Waals surface area contributed by atoms with E-state index in [1.165, 1.54) is 42.5 Å². The SMILES string of the molecule is Cc1ccc2c(c1)NCCC2NC1CCC1. The van der Waals surface area contributed by atoms with Gasteiger partial charge in [-0.15, -0.1) is 0 Å². The van der Waals surface area contributed by atoms with Crippen LogP contribution in [0.5, 0.6) is 0 Å². The van der Waals surface area contributed by atoms with Crippen molar-refractivity contribution in [2.24, 2.45) is 0 Å². The minimum atomic E-state index is 0.571. The van der Waals surface area contributed by atoms with E-state index < -0.39 is 0 Å². The van der Waals surface area contributed by atoms with Crippen LogP contribution in [0.15, 0.2) is 18.2 Å². The van der Waals surface area contributed by atoms with Crippen LogP contribution in [-0.2, 0) is 0 Å². The lowest BCUT2D eigenvalue weighted by molar-refractivity contribution is 0.298. The average molecular weight is 216 g/mol. The molecule has 2 N–H and O–H groups in total. The topological polar surface area (TPSA) is 24.1 Å². The quantitative estimate of drug-likeness (QED) is 0.794. The summed E-state index contributed by atoms with van der Waals surface area (Å²) in [4.78, 5) is 0. The van der Waals surface area contributed by atoms with E-state index in [1.54, 1.807) is 0 Å². The van der Waals surface area contributed by atoms with Crippen molar-refractivity contribution >= 4 is 5.69 Å². The standard InChI is InChI=1S/C14H20N2/c1-10-5-6-12-13(16-11-3-2-4-11)7-8-15-14(12)9-10/h5-6,9,11,13,15-16H,2-4,7-8H2,1H3. The van der Waals surface area contributed by atoms with Crippen molar-refractivity contribution in [3.63, 3.8) is 0 Å². The van der Waals surface area contributed by atoms with Crippen LogP contribution in [0.25, 0.3) is 0 Å². The maximum absolute atomic E-state index is 3.79. The molecule has 0 spiro atoms. The van der Waals surface area contributed by atoms with Gasteiger partial charge in [0.05, 0.1) is 0 Å². The number of nitrogens with one attached hydrogen (secondary N) is 2. The fraction of sp³-hybridized carbons (Fsp3) is 0.571. The number of hydrogen-bond donors (Lipinski definition) is 2. The average Bonchev–Trinajstić information content (AvgIpc) is 2.23. The van der Waals surface area contributed by atoms with Crippen LogP contribution >= 0.6 is 0 Å². The molecule has 1 unspecified atom stereocenters. The number of rotatable bonds is 2. The van der Waals surface area contributed by atoms with Crippen molar-refractivity contribution in [1.82, 2.24) is 5.32 Å². The molecular weight excluding hydrogens is 196 g/mol. The maximum atomic E-state index is 3.79. The molecule has 1 aliphatic carbocycles. The maximum Gasteiger partial charge on any atom is 0.0391 e. The highest BCUT2D eigenvalue weighted by Crippen LogP contribution is 2.32. The minimum absolute atomic E-state index is 0.571. The molecule has 1 aliphatic heterocycles. The Kier molecular flexibility index (Phi) is 2.60. The first-order valence-corrected chi connectivity index (χ1v) is 6.43. The highest BCUT2D eigenvalue weighted by Gasteiger charge is 2.25. The summed E-state index contributed by atoms with van der Waals surface area (Å²) in [6, 6.07) is 8.12. The highest BCUT2D eigenvalue weighted by atomic mass is 15.0. The van der Waals surface area contributed by atoms with E-state index in [-0.39, 0.29) is 0 Å². The van der Waals surface area contributed by atoms with Gasteiger partial charge in [0.2, 0.25) is 0 Å². The van der Waals surface area contributed by atoms with Gasteiger partial charge >= 0.3 is 0 Å². The Morgan fingerprint density at radius 1 is 1.25 bits per heavy atom. The largest absolute Gasteiger partial charge is 0.385 e. The number of hydrogen-bond acceptors (Lipinski definition) is 2. The van der Waals surface area contributed by atoms with Crippen molar-refractivity contribution in [1.29, 1.82) is 0 Å². The first-order valence-electron chi connectivity index (χ1n) is 6.43. The Bertz CT molecular complexity index is 382. The number of benzene rings is 1. The fourth-order valence-electron chi connectivity index (χ4n) is 2.67. The number of anilines is 1. The predicted molar refractivity (Wildman–Crippen MR) is 67.8 cm³/mol. The Hall–Kier alpha value is -1.02. The summed E-state index contributed by atoms with van der Waals surface area (Å²) in [7, 11) is 0. The lowest BCUT2D eigenvalue weighted by atomic mass is 9.89. The second-order valence-corrected chi connectivity index (χ2v) is 5.15. The summed E-state index contributed by atoms with van der Waals surface area (Å²) in [5.41, 5.74) is 4.14. The molecule has 86 valence electrons. The van der Waals surface area contributed by atoms with E-state index in [0.717, 1.165) is 12.6 Å². The second-order valence-electron chi connectivity index (χ2n) is 5.15. The van der Waals surface area contributed by atoms with Crippen LogP contribution in [0.2, 0.25) is 0 Å². The van der Waals surface area contributed by atoms with E-state index in [2.05, 4.69) is 35.8 Å². The first kappa shape index (κ1) is 10.2. The van der Waals surface area contributed by atoms with E-state index in [9.17, 15) is 0 Å². The van der Waals surface area contributed by atoms with E-state index in [1.807, 2.05) is 0 Å². The fourth-order valence-corrected chi connectivity index (χ4v) is 2.67. The zero-order valence-corrected chi connectivity index (χ0v) is 9.92. The van der Waals surface area contributed by atoms with Crippen LogP contribution in [0.1, 0.15) is 42.9 Å². The number of fused-ring (bicyclic) bond motifs is 1. The van der Waals surface area contributed by atoms with Crippen molar-refractivity contribution in [2.75, 3.05) is 11.9 Å². The summed E-state index contributed by atoms with van der Waals surface area (Å²) < 4.78 is 0. The van der Waals surface area contributed by atoms with Gasteiger partial charge in [-0.2, -0.15) is 0 Å². The Morgan fingerprint density at radius 3 is 2.88 bits per heavy atom. The molecule has 0 radical (unpaired) electrons. The second kappa shape index (κ2) is 4.10. The summed E-state index contributed by atoms with van der Waals surface area (Å²) in [6.07, 6.45) is 5.35. The van der Waals surface area contributed by atoms with Gasteiger partial charge in [-0.3, -0.25) is 0 Å². The molecule has 1 atom stereocenters. The molecule has 0 bridgehead atoms. The molecule has 16 heavy (non-hydrogen) atoms. The Balaban J connectivity index is 1.81. The van der Waals surface area contributed by atoms with E-state index in [4.69, 9.17) is 0 Å². The smallest absolute Gasteiger partial charge is 0.0391 e. The van der Waals surface area contributed by atoms with Crippen molar-refractivity contribution < 1.29 is 0 Å². The van der Waals surface area contributed by atoms with Crippen molar-refractivity contribution in [2.45, 2.75) is 44.7 Å². The Labute approximate surface area is 97.4 Å². The van der Waals surface area contributed by atoms with E-state index >= 15 is 0 Å². The normalized spacial score (nSPS) is 24.4. The zero-order valence-electron chi connectivity index (χ0n) is 9.92. The highest BCUT2D eigenvalue weighted by molar-refractivity contribution is 5.56. The first-order chi connectivity index (χ1) is 7.83. The molecule has 1 aromatic rings. The van der Waals surface area contributed by atoms with Gasteiger partial charge in [-0.1, -0.05) is 18.6 Å². The van der Waals surface area contributed by atoms with E-state index in [0.29, 0.717) is 6.04 Å². The molecular formula is C14H20N2. The molecule has 1 fully saturated rings. The monoisotopic (exact) mass is 216 g/mol. The van der Waals surface area contributed by atoms with Gasteiger partial charge in [-0.25, -0.2) is 0 Å². The lowest BCUT2D eigenvalue weighted by Gasteiger charge is -2.35. The van der Waals surface area contributed by atoms with Crippen LogP contribution in [0.4, 0.5) is 5.69 Å². The third kappa shape index (κ3) is 1.82. The molecule has 0 saturated heterocycles. The van der Waals surface area contributed by atoms with Crippen molar-refractivity contribution in [3.05, 3.63) is 29.3 Å². The summed E-state index contributed by atoms with van der Waals surface area (Å²) in [6.45, 7) is 3.26. The number of aryl methyl sites for hydroxylation is 1. The van der Waals surface area contributed by atoms with Gasteiger partial charge in [-0.05, 0) is 43.4 Å². The third-order valence-electron chi connectivity index (χ3n) is 3.87. The van der Waals surface area contributed by atoms with Crippen LogP contribution in [-0.4, -0.2) is 12.6 Å². The Morgan fingerprint density at radius 2 is 2.12 bits per heavy atom. The molecule has 2 aliphatic rings. The van der Waals surface area contributed by atoms with Gasteiger partial charge < -0.3 is 10.6 Å². The predicted octanol–water partition coefficient (Wildman–Crippen LogP) is 2.99. The minimum Gasteiger partial charge on any atom is -0.385 e. The van der Waals surface area contributed by atoms with Gasteiger partial charge in [0.15, 0.2) is 0 Å². The van der Waals surface area contributed by atoms with Gasteiger partial charge in [0.25, 0.3) is 0 Å². The van der Waals surface area contributed by atoms with Gasteiger partial charge in [0, 0.05) is 24.3 Å². The molecule has 1 aromatic carbocycles. The molecule has 2 heteroatoms. The molecule has 0 amide bonds. The van der Waals surface area contributed by atoms with Crippen molar-refractivity contribution in [3.8, 4) is 0 Å². The molecule has 0 aromatic heterocycles. The lowest BCUT2D eigenvalue weighted by Crippen LogP contribution is -2.40. The third-order valence-corrected chi connectivity index (χ3v) is 3.87. The van der Waals surface area contributed by atoms with Crippen LogP contribution < -0.4 is 10.6 Å². The van der Waals surface area contributed by atoms with Gasteiger partial charge in [0.1, 0.15) is 0 Å².